The highest BCUT2D eigenvalue weighted by Gasteiger charge is 2.01. The first kappa shape index (κ1) is 21.2. The summed E-state index contributed by atoms with van der Waals surface area (Å²) in [5, 5.41) is 21.9. The number of phenols is 1. The monoisotopic (exact) mass is 299 g/mol. The minimum atomic E-state index is -0.514. The highest BCUT2D eigenvalue weighted by Crippen LogP contribution is 2.14. The van der Waals surface area contributed by atoms with Crippen LogP contribution in [0.1, 0.15) is 20.8 Å². The second-order valence-corrected chi connectivity index (χ2v) is 4.14. The Morgan fingerprint density at radius 1 is 1.24 bits per heavy atom. The summed E-state index contributed by atoms with van der Waals surface area (Å²) in [6.45, 7) is 7.92. The molecule has 0 aliphatic carbocycles. The van der Waals surface area contributed by atoms with E-state index in [1.807, 2.05) is 0 Å². The Bertz CT molecular complexity index is 403. The molecule has 0 aromatic heterocycles. The molecule has 1 aromatic carbocycles. The number of nitro groups is 1. The fraction of sp³-hybridized carbons (Fsp3) is 0.500. The maximum Gasteiger partial charge on any atom is 0.269 e. The zero-order valence-electron chi connectivity index (χ0n) is 13.3. The van der Waals surface area contributed by atoms with Gasteiger partial charge in [-0.15, -0.1) is 0 Å². The predicted molar refractivity (Wildman–Crippen MR) is 83.3 cm³/mol. The van der Waals surface area contributed by atoms with Gasteiger partial charge in [-0.2, -0.15) is 0 Å². The quantitative estimate of drug-likeness (QED) is 0.657. The Balaban J connectivity index is 0. The number of amides is 1. The van der Waals surface area contributed by atoms with Gasteiger partial charge in [0, 0.05) is 33.2 Å². The fourth-order valence-corrected chi connectivity index (χ4v) is 0.824. The van der Waals surface area contributed by atoms with E-state index in [1.54, 1.807) is 14.1 Å². The first-order valence-corrected chi connectivity index (χ1v) is 6.58. The van der Waals surface area contributed by atoms with Crippen LogP contribution in [0.4, 0.5) is 5.69 Å². The number of nitrogens with one attached hydrogen (secondary N) is 1. The molecule has 0 spiro atoms. The number of aromatic hydroxyl groups is 1. The standard InChI is InChI=1S/C6H5NO3.C4H9NO.C4H11N/c8-6-3-1-5(2-4-6)7(9)10;1-4(6)5(2)3;1-3-5-4-2/h1-4,8H;1-3H3;5H,3-4H2,1-2H3. The maximum atomic E-state index is 10.1. The largest absolute Gasteiger partial charge is 0.508 e. The van der Waals surface area contributed by atoms with Crippen molar-refractivity contribution in [1.29, 1.82) is 0 Å². The molecule has 1 aromatic rings. The molecule has 0 aliphatic rings. The first-order valence-electron chi connectivity index (χ1n) is 6.58. The number of nitrogens with zero attached hydrogens (tertiary/aromatic N) is 2. The molecule has 1 rings (SSSR count). The molecule has 0 bridgehead atoms. The van der Waals surface area contributed by atoms with Crippen LogP contribution in [0.3, 0.4) is 0 Å². The lowest BCUT2D eigenvalue weighted by atomic mass is 10.3. The topological polar surface area (TPSA) is 95.7 Å². The van der Waals surface area contributed by atoms with Crippen molar-refractivity contribution < 1.29 is 14.8 Å². The minimum Gasteiger partial charge on any atom is -0.508 e. The molecular formula is C14H25N3O4. The summed E-state index contributed by atoms with van der Waals surface area (Å²) in [6.07, 6.45) is 0. The van der Waals surface area contributed by atoms with E-state index in [0.717, 1.165) is 13.1 Å². The molecule has 0 unspecified atom stereocenters. The SMILES string of the molecule is CC(=O)N(C)C.CCNCC.O=[N+]([O-])c1ccc(O)cc1. The molecule has 0 aliphatic heterocycles. The van der Waals surface area contributed by atoms with Gasteiger partial charge in [0.2, 0.25) is 5.91 Å². The van der Waals surface area contributed by atoms with Gasteiger partial charge in [0.05, 0.1) is 4.92 Å². The normalized spacial score (nSPS) is 8.62. The van der Waals surface area contributed by atoms with Crippen molar-refractivity contribution in [3.8, 4) is 5.75 Å². The van der Waals surface area contributed by atoms with Crippen molar-refractivity contribution in [2.75, 3.05) is 27.2 Å². The van der Waals surface area contributed by atoms with Crippen molar-refractivity contribution >= 4 is 11.6 Å². The van der Waals surface area contributed by atoms with Gasteiger partial charge in [-0.3, -0.25) is 14.9 Å². The van der Waals surface area contributed by atoms with E-state index < -0.39 is 4.92 Å². The molecule has 0 heterocycles. The zero-order chi connectivity index (χ0) is 16.8. The third-order valence-corrected chi connectivity index (χ3v) is 2.19. The van der Waals surface area contributed by atoms with E-state index in [9.17, 15) is 14.9 Å². The molecule has 0 radical (unpaired) electrons. The molecule has 7 nitrogen and oxygen atoms in total. The van der Waals surface area contributed by atoms with Gasteiger partial charge in [-0.05, 0) is 25.2 Å². The van der Waals surface area contributed by atoms with Crippen molar-refractivity contribution in [3.05, 3.63) is 34.4 Å². The number of carbonyl (C=O) groups excluding carboxylic acids is 1. The van der Waals surface area contributed by atoms with Gasteiger partial charge in [0.15, 0.2) is 0 Å². The van der Waals surface area contributed by atoms with E-state index in [0.29, 0.717) is 0 Å². The summed E-state index contributed by atoms with van der Waals surface area (Å²) in [7, 11) is 3.45. The Morgan fingerprint density at radius 3 is 1.81 bits per heavy atom. The molecule has 21 heavy (non-hydrogen) atoms. The molecule has 0 atom stereocenters. The number of nitro benzene ring substituents is 1. The average molecular weight is 299 g/mol. The second kappa shape index (κ2) is 12.9. The summed E-state index contributed by atoms with van der Waals surface area (Å²) in [5.41, 5.74) is -0.0159. The summed E-state index contributed by atoms with van der Waals surface area (Å²) < 4.78 is 0. The summed E-state index contributed by atoms with van der Waals surface area (Å²) >= 11 is 0. The summed E-state index contributed by atoms with van der Waals surface area (Å²) in [6, 6.07) is 5.04. The molecule has 120 valence electrons. The average Bonchev–Trinajstić information content (AvgIpc) is 2.41. The third-order valence-electron chi connectivity index (χ3n) is 2.19. The van der Waals surface area contributed by atoms with Crippen LogP contribution < -0.4 is 5.32 Å². The second-order valence-electron chi connectivity index (χ2n) is 4.14. The molecule has 1 amide bonds. The van der Waals surface area contributed by atoms with Crippen LogP contribution in [0, 0.1) is 10.1 Å². The van der Waals surface area contributed by atoms with Gasteiger partial charge in [-0.25, -0.2) is 0 Å². The van der Waals surface area contributed by atoms with Gasteiger partial charge in [0.25, 0.3) is 5.69 Å². The predicted octanol–water partition coefficient (Wildman–Crippen LogP) is 2.01. The maximum absolute atomic E-state index is 10.1. The number of hydrogen-bond donors (Lipinski definition) is 2. The highest BCUT2D eigenvalue weighted by molar-refractivity contribution is 5.72. The van der Waals surface area contributed by atoms with Crippen molar-refractivity contribution in [2.45, 2.75) is 20.8 Å². The minimum absolute atomic E-state index is 0.0159. The molecule has 0 saturated carbocycles. The van der Waals surface area contributed by atoms with E-state index in [4.69, 9.17) is 5.11 Å². The van der Waals surface area contributed by atoms with Crippen LogP contribution in [0.5, 0.6) is 5.75 Å². The Hall–Kier alpha value is -2.15. The van der Waals surface area contributed by atoms with Gasteiger partial charge in [-0.1, -0.05) is 13.8 Å². The summed E-state index contributed by atoms with van der Waals surface area (Å²) in [5.74, 6) is 0.126. The van der Waals surface area contributed by atoms with Crippen LogP contribution >= 0.6 is 0 Å². The number of hydrogen-bond acceptors (Lipinski definition) is 5. The smallest absolute Gasteiger partial charge is 0.269 e. The first-order chi connectivity index (χ1) is 9.76. The summed E-state index contributed by atoms with van der Waals surface area (Å²) in [4.78, 5) is 21.1. The number of non-ortho nitro benzene ring substituents is 1. The zero-order valence-corrected chi connectivity index (χ0v) is 13.3. The Morgan fingerprint density at radius 2 is 1.62 bits per heavy atom. The lowest BCUT2D eigenvalue weighted by Gasteiger charge is -2.02. The lowest BCUT2D eigenvalue weighted by molar-refractivity contribution is -0.384. The van der Waals surface area contributed by atoms with Crippen molar-refractivity contribution in [2.24, 2.45) is 0 Å². The van der Waals surface area contributed by atoms with Crippen molar-refractivity contribution in [1.82, 2.24) is 10.2 Å². The molecular weight excluding hydrogens is 274 g/mol. The highest BCUT2D eigenvalue weighted by atomic mass is 16.6. The van der Waals surface area contributed by atoms with Gasteiger partial charge in [0.1, 0.15) is 5.75 Å². The molecule has 7 heteroatoms. The Labute approximate surface area is 125 Å². The molecule has 2 N–H and O–H groups in total. The van der Waals surface area contributed by atoms with E-state index in [1.165, 1.54) is 36.1 Å². The van der Waals surface area contributed by atoms with Gasteiger partial charge < -0.3 is 15.3 Å². The van der Waals surface area contributed by atoms with Crippen LogP contribution in [0.2, 0.25) is 0 Å². The molecule has 0 fully saturated rings. The number of rotatable bonds is 3. The van der Waals surface area contributed by atoms with Crippen LogP contribution in [0.15, 0.2) is 24.3 Å². The number of benzene rings is 1. The van der Waals surface area contributed by atoms with E-state index in [2.05, 4.69) is 19.2 Å². The van der Waals surface area contributed by atoms with Crippen LogP contribution in [-0.4, -0.2) is 48.0 Å². The van der Waals surface area contributed by atoms with Crippen LogP contribution in [0.25, 0.3) is 0 Å². The van der Waals surface area contributed by atoms with Gasteiger partial charge >= 0.3 is 0 Å². The number of carbonyl (C=O) groups is 1. The lowest BCUT2D eigenvalue weighted by Crippen LogP contribution is -2.17. The molecule has 0 saturated heterocycles. The van der Waals surface area contributed by atoms with E-state index in [-0.39, 0.29) is 17.3 Å². The third kappa shape index (κ3) is 14.1. The van der Waals surface area contributed by atoms with E-state index >= 15 is 0 Å². The van der Waals surface area contributed by atoms with Crippen LogP contribution in [-0.2, 0) is 4.79 Å². The van der Waals surface area contributed by atoms with Crippen molar-refractivity contribution in [3.63, 3.8) is 0 Å². The number of phenolic OH excluding ortho intramolecular Hbond substituents is 1. The fourth-order valence-electron chi connectivity index (χ4n) is 0.824. The Kier molecular flexibility index (Phi) is 13.0.